The Kier molecular flexibility index (Phi) is 13.5. The maximum atomic E-state index is 10.7. The Labute approximate surface area is 211 Å². The summed E-state index contributed by atoms with van der Waals surface area (Å²) in [5, 5.41) is 0. The van der Waals surface area contributed by atoms with Crippen LogP contribution in [-0.2, 0) is 29.2 Å². The molecular weight excluding hydrogens is 475 g/mol. The smallest absolute Gasteiger partial charge is 0.726 e. The van der Waals surface area contributed by atoms with Crippen LogP contribution in [0.25, 0.3) is 9.69 Å². The van der Waals surface area contributed by atoms with E-state index in [0.29, 0.717) is 25.1 Å². The monoisotopic (exact) mass is 498 g/mol. The normalized spacial score (nSPS) is 14.2. The molecule has 172 valence electrons. The van der Waals surface area contributed by atoms with E-state index in [9.17, 15) is 21.4 Å². The van der Waals surface area contributed by atoms with Gasteiger partial charge in [0, 0.05) is 37.6 Å². The molecule has 0 saturated heterocycles. The van der Waals surface area contributed by atoms with Gasteiger partial charge in [-0.2, -0.15) is 18.1 Å². The van der Waals surface area contributed by atoms with Gasteiger partial charge < -0.3 is 9.45 Å². The van der Waals surface area contributed by atoms with E-state index < -0.39 is 27.4 Å². The second kappa shape index (κ2) is 14.1. The van der Waals surface area contributed by atoms with Crippen LogP contribution in [0.4, 0.5) is 0 Å². The third-order valence-corrected chi connectivity index (χ3v) is 5.10. The van der Waals surface area contributed by atoms with Crippen LogP contribution in [0.2, 0.25) is 0 Å². The van der Waals surface area contributed by atoms with E-state index in [1.54, 1.807) is 17.1 Å². The number of hydrogen-bond acceptors (Lipinski definition) is 9. The molecule has 1 heterocycles. The third kappa shape index (κ3) is 12.1. The van der Waals surface area contributed by atoms with Crippen molar-refractivity contribution in [1.29, 1.82) is 0 Å². The summed E-state index contributed by atoms with van der Waals surface area (Å²) >= 11 is 0. The molecule has 0 radical (unpaired) electrons. The van der Waals surface area contributed by atoms with Crippen LogP contribution in [0.3, 0.4) is 0 Å². The summed E-state index contributed by atoms with van der Waals surface area (Å²) in [6.45, 7) is 18.0. The van der Waals surface area contributed by atoms with Gasteiger partial charge in [-0.05, 0) is 32.4 Å². The fourth-order valence-corrected chi connectivity index (χ4v) is 3.45. The Morgan fingerprint density at radius 1 is 1.06 bits per heavy atom. The van der Waals surface area contributed by atoms with Crippen LogP contribution in [0.5, 0.6) is 0 Å². The minimum atomic E-state index is -4.85. The molecule has 0 fully saturated rings. The van der Waals surface area contributed by atoms with Gasteiger partial charge >= 0.3 is 45.8 Å². The van der Waals surface area contributed by atoms with Crippen molar-refractivity contribution in [2.24, 2.45) is 0 Å². The van der Waals surface area contributed by atoms with Crippen LogP contribution >= 0.6 is 0 Å². The van der Waals surface area contributed by atoms with Crippen molar-refractivity contribution >= 4 is 20.8 Å². The van der Waals surface area contributed by atoms with Crippen LogP contribution in [-0.4, -0.2) is 75.1 Å². The third-order valence-electron chi connectivity index (χ3n) is 4.18. The summed E-state index contributed by atoms with van der Waals surface area (Å²) in [6, 6.07) is 0. The van der Waals surface area contributed by atoms with Crippen LogP contribution in [0.15, 0.2) is 34.9 Å². The fraction of sp³-hybridized carbons (Fsp3) is 0.529. The van der Waals surface area contributed by atoms with Crippen molar-refractivity contribution in [3.05, 3.63) is 57.8 Å². The SMILES string of the molecule is [C-]#[N+]C([N+]#[C-])=C1C=C(C)N(CCCN(CCOS(=O)(=O)[O-])CCOS(=O)(=O)O)C(C)=C1.[Na+]. The van der Waals surface area contributed by atoms with Gasteiger partial charge in [0.05, 0.1) is 18.8 Å². The first-order chi connectivity index (χ1) is 14.4. The molecule has 0 aromatic heterocycles. The van der Waals surface area contributed by atoms with Crippen LogP contribution < -0.4 is 29.6 Å². The maximum Gasteiger partial charge on any atom is 1.00 e. The van der Waals surface area contributed by atoms with Crippen molar-refractivity contribution < 1.29 is 63.9 Å². The van der Waals surface area contributed by atoms with Crippen molar-refractivity contribution in [2.45, 2.75) is 20.3 Å². The molecule has 1 aliphatic heterocycles. The summed E-state index contributed by atoms with van der Waals surface area (Å²) in [7, 11) is -9.45. The van der Waals surface area contributed by atoms with Crippen molar-refractivity contribution in [1.82, 2.24) is 9.80 Å². The molecule has 0 aliphatic carbocycles. The molecule has 1 aliphatic rings. The topological polar surface area (TPSA) is 145 Å². The van der Waals surface area contributed by atoms with Gasteiger partial charge in [0.15, 0.2) is 0 Å². The summed E-state index contributed by atoms with van der Waals surface area (Å²) < 4.78 is 70.2. The first kappa shape index (κ1) is 30.7. The Bertz CT molecular complexity index is 963. The summed E-state index contributed by atoms with van der Waals surface area (Å²) in [5.74, 6) is -0.0170. The van der Waals surface area contributed by atoms with Crippen LogP contribution in [0, 0.1) is 13.1 Å². The van der Waals surface area contributed by atoms with E-state index >= 15 is 0 Å². The Morgan fingerprint density at radius 3 is 2.00 bits per heavy atom. The Morgan fingerprint density at radius 2 is 1.56 bits per heavy atom. The van der Waals surface area contributed by atoms with Crippen molar-refractivity contribution in [3.63, 3.8) is 0 Å². The van der Waals surface area contributed by atoms with Gasteiger partial charge in [0.2, 0.25) is 10.4 Å². The average Bonchev–Trinajstić information content (AvgIpc) is 2.62. The molecule has 0 bridgehead atoms. The van der Waals surface area contributed by atoms with Crippen molar-refractivity contribution in [3.8, 4) is 0 Å². The molecule has 1 rings (SSSR count). The van der Waals surface area contributed by atoms with E-state index in [1.807, 2.05) is 18.7 Å². The minimum Gasteiger partial charge on any atom is -0.726 e. The van der Waals surface area contributed by atoms with E-state index in [1.165, 1.54) is 0 Å². The zero-order valence-electron chi connectivity index (χ0n) is 18.0. The van der Waals surface area contributed by atoms with E-state index in [2.05, 4.69) is 18.1 Å². The molecule has 0 saturated carbocycles. The molecule has 0 atom stereocenters. The molecule has 12 nitrogen and oxygen atoms in total. The quantitative estimate of drug-likeness (QED) is 0.141. The summed E-state index contributed by atoms with van der Waals surface area (Å²) in [5.41, 5.74) is 2.21. The number of hydrogen-bond donors (Lipinski definition) is 1. The summed E-state index contributed by atoms with van der Waals surface area (Å²) in [4.78, 5) is 10.0. The second-order valence-corrected chi connectivity index (χ2v) is 8.54. The van der Waals surface area contributed by atoms with Gasteiger partial charge in [0.1, 0.15) is 13.1 Å². The van der Waals surface area contributed by atoms with Crippen molar-refractivity contribution in [2.75, 3.05) is 39.4 Å². The fourth-order valence-electron chi connectivity index (χ4n) is 2.89. The van der Waals surface area contributed by atoms with Crippen LogP contribution in [0.1, 0.15) is 20.3 Å². The molecule has 0 aromatic carbocycles. The zero-order chi connectivity index (χ0) is 23.7. The molecule has 15 heteroatoms. The largest absolute Gasteiger partial charge is 1.00 e. The van der Waals surface area contributed by atoms with Gasteiger partial charge in [0.25, 0.3) is 0 Å². The first-order valence-corrected chi connectivity index (χ1v) is 11.6. The molecule has 0 unspecified atom stereocenters. The number of rotatable bonds is 12. The van der Waals surface area contributed by atoms with E-state index in [4.69, 9.17) is 17.7 Å². The predicted octanol–water partition coefficient (Wildman–Crippen LogP) is -1.85. The molecule has 32 heavy (non-hydrogen) atoms. The number of allylic oxidation sites excluding steroid dienone is 5. The van der Waals surface area contributed by atoms with E-state index in [-0.39, 0.29) is 55.1 Å². The van der Waals surface area contributed by atoms with Gasteiger partial charge in [-0.25, -0.2) is 12.6 Å². The maximum absolute atomic E-state index is 10.7. The predicted molar refractivity (Wildman–Crippen MR) is 109 cm³/mol. The molecular formula is C17H23N4NaO8S2. The Balaban J connectivity index is 0.00000961. The van der Waals surface area contributed by atoms with Gasteiger partial charge in [-0.3, -0.25) is 13.6 Å². The summed E-state index contributed by atoms with van der Waals surface area (Å²) in [6.07, 6.45) is 4.04. The van der Waals surface area contributed by atoms with Gasteiger partial charge in [-0.15, -0.1) is 0 Å². The molecule has 1 N–H and O–H groups in total. The molecule has 0 aromatic rings. The average molecular weight is 499 g/mol. The zero-order valence-corrected chi connectivity index (χ0v) is 21.6. The Hall–Kier alpha value is -1.30. The molecule has 0 spiro atoms. The standard InChI is InChI=1S/C17H24N4O8S2.Na/c1-14-12-16(17(18-3)19-4)13-15(2)21(14)7-5-6-20(8-10-28-30(22,23)24)9-11-29-31(25,26)27;/h12-13H,5-11H2,1-2H3,(H,22,23,24)(H,25,26,27);/q;+1/p-1. The minimum absolute atomic E-state index is 0. The number of nitrogens with zero attached hydrogens (tertiary/aromatic N) is 4. The molecule has 0 amide bonds. The van der Waals surface area contributed by atoms with E-state index in [0.717, 1.165) is 11.4 Å². The first-order valence-electron chi connectivity index (χ1n) is 8.94. The second-order valence-electron chi connectivity index (χ2n) is 6.40. The van der Waals surface area contributed by atoms with Gasteiger partial charge in [-0.1, -0.05) is 0 Å².